The van der Waals surface area contributed by atoms with Crippen molar-refractivity contribution in [2.24, 2.45) is 5.41 Å². The van der Waals surface area contributed by atoms with Crippen molar-refractivity contribution in [1.82, 2.24) is 0 Å². The Morgan fingerprint density at radius 3 is 1.64 bits per heavy atom. The number of hydrogen-bond acceptors (Lipinski definition) is 3. The van der Waals surface area contributed by atoms with Crippen molar-refractivity contribution in [3.63, 3.8) is 0 Å². The molecular weight excluding hydrogens is 192 g/mol. The lowest BCUT2D eigenvalue weighted by atomic mass is 9.89. The van der Waals surface area contributed by atoms with Crippen molar-refractivity contribution in [3.05, 3.63) is 11.6 Å². The van der Waals surface area contributed by atoms with Crippen LogP contribution >= 0.6 is 0 Å². The lowest BCUT2D eigenvalue weighted by Crippen LogP contribution is -2.35. The van der Waals surface area contributed by atoms with E-state index in [0.717, 1.165) is 13.8 Å². The average Bonchev–Trinajstić information content (AvgIpc) is 2.02. The Labute approximate surface area is 79.5 Å². The van der Waals surface area contributed by atoms with Gasteiger partial charge in [-0.05, 0) is 19.9 Å². The predicted octanol–water partition coefficient (Wildman–Crippen LogP) is 0.193. The van der Waals surface area contributed by atoms with Gasteiger partial charge in [0.1, 0.15) is 0 Å². The molecule has 14 heavy (non-hydrogen) atoms. The molecule has 0 saturated heterocycles. The molecule has 0 aromatic carbocycles. The SMILES string of the molecule is CC(=CC(C)(C(=O)O)C(=O)O)C(=O)O. The van der Waals surface area contributed by atoms with Crippen LogP contribution in [0.15, 0.2) is 11.6 Å². The van der Waals surface area contributed by atoms with E-state index in [2.05, 4.69) is 0 Å². The molecule has 0 atom stereocenters. The molecular formula is C8H10O6. The zero-order chi connectivity index (χ0) is 11.5. The second-order valence-electron chi connectivity index (χ2n) is 2.95. The second kappa shape index (κ2) is 3.91. The zero-order valence-electron chi connectivity index (χ0n) is 7.64. The standard InChI is InChI=1S/C8H10O6/c1-4(5(9)10)3-8(2,6(11)12)7(13)14/h3H,1-2H3,(H,9,10)(H,11,12)(H,13,14). The summed E-state index contributed by atoms with van der Waals surface area (Å²) in [4.78, 5) is 31.6. The molecule has 0 rings (SSSR count). The molecule has 0 radical (unpaired) electrons. The Hall–Kier alpha value is -1.85. The van der Waals surface area contributed by atoms with E-state index in [9.17, 15) is 14.4 Å². The maximum absolute atomic E-state index is 10.6. The summed E-state index contributed by atoms with van der Waals surface area (Å²) in [5.74, 6) is -4.56. The molecule has 0 aromatic rings. The predicted molar refractivity (Wildman–Crippen MR) is 44.8 cm³/mol. The molecule has 0 aliphatic rings. The highest BCUT2D eigenvalue weighted by Gasteiger charge is 2.40. The van der Waals surface area contributed by atoms with Gasteiger partial charge in [0.2, 0.25) is 0 Å². The van der Waals surface area contributed by atoms with Crippen LogP contribution in [0.3, 0.4) is 0 Å². The molecule has 0 unspecified atom stereocenters. The molecule has 0 fully saturated rings. The molecule has 6 heteroatoms. The molecule has 0 amide bonds. The number of carboxylic acids is 3. The van der Waals surface area contributed by atoms with Gasteiger partial charge in [0.25, 0.3) is 0 Å². The van der Waals surface area contributed by atoms with E-state index in [1.165, 1.54) is 0 Å². The van der Waals surface area contributed by atoms with Crippen molar-refractivity contribution in [2.75, 3.05) is 0 Å². The minimum Gasteiger partial charge on any atom is -0.480 e. The first-order chi connectivity index (χ1) is 6.21. The van der Waals surface area contributed by atoms with Gasteiger partial charge in [0.05, 0.1) is 0 Å². The summed E-state index contributed by atoms with van der Waals surface area (Å²) >= 11 is 0. The van der Waals surface area contributed by atoms with Crippen LogP contribution in [0.25, 0.3) is 0 Å². The molecule has 0 aliphatic carbocycles. The summed E-state index contributed by atoms with van der Waals surface area (Å²) < 4.78 is 0. The van der Waals surface area contributed by atoms with Crippen molar-refractivity contribution in [2.45, 2.75) is 13.8 Å². The first-order valence-corrected chi connectivity index (χ1v) is 3.61. The van der Waals surface area contributed by atoms with Crippen LogP contribution in [-0.4, -0.2) is 33.2 Å². The van der Waals surface area contributed by atoms with Crippen molar-refractivity contribution in [1.29, 1.82) is 0 Å². The van der Waals surface area contributed by atoms with E-state index in [1.807, 2.05) is 0 Å². The quantitative estimate of drug-likeness (QED) is 0.443. The van der Waals surface area contributed by atoms with Crippen LogP contribution in [0, 0.1) is 5.41 Å². The fourth-order valence-corrected chi connectivity index (χ4v) is 0.710. The van der Waals surface area contributed by atoms with Crippen LogP contribution in [0.1, 0.15) is 13.8 Å². The minimum absolute atomic E-state index is 0.322. The molecule has 0 bridgehead atoms. The molecule has 0 aliphatic heterocycles. The van der Waals surface area contributed by atoms with E-state index < -0.39 is 23.3 Å². The highest BCUT2D eigenvalue weighted by Crippen LogP contribution is 2.21. The van der Waals surface area contributed by atoms with Gasteiger partial charge in [-0.25, -0.2) is 4.79 Å². The van der Waals surface area contributed by atoms with Crippen LogP contribution < -0.4 is 0 Å². The van der Waals surface area contributed by atoms with E-state index in [1.54, 1.807) is 0 Å². The fraction of sp³-hybridized carbons (Fsp3) is 0.375. The number of carbonyl (C=O) groups is 3. The normalized spacial score (nSPS) is 12.3. The van der Waals surface area contributed by atoms with Gasteiger partial charge in [0, 0.05) is 5.57 Å². The highest BCUT2D eigenvalue weighted by molar-refractivity contribution is 6.01. The Morgan fingerprint density at radius 2 is 1.43 bits per heavy atom. The maximum Gasteiger partial charge on any atom is 0.330 e. The number of aliphatic carboxylic acids is 3. The van der Waals surface area contributed by atoms with Gasteiger partial charge in [-0.2, -0.15) is 0 Å². The van der Waals surface area contributed by atoms with Crippen molar-refractivity contribution in [3.8, 4) is 0 Å². The van der Waals surface area contributed by atoms with E-state index in [-0.39, 0.29) is 5.57 Å². The molecule has 0 saturated carbocycles. The smallest absolute Gasteiger partial charge is 0.330 e. The van der Waals surface area contributed by atoms with E-state index in [0.29, 0.717) is 6.08 Å². The van der Waals surface area contributed by atoms with Crippen LogP contribution in [-0.2, 0) is 14.4 Å². The molecule has 0 aromatic heterocycles. The summed E-state index contributed by atoms with van der Waals surface area (Å²) in [5, 5.41) is 25.7. The van der Waals surface area contributed by atoms with Crippen LogP contribution in [0.4, 0.5) is 0 Å². The summed E-state index contributed by atoms with van der Waals surface area (Å²) in [6.45, 7) is 2.05. The Morgan fingerprint density at radius 1 is 1.07 bits per heavy atom. The topological polar surface area (TPSA) is 112 Å². The Balaban J connectivity index is 5.27. The van der Waals surface area contributed by atoms with Crippen LogP contribution in [0.5, 0.6) is 0 Å². The van der Waals surface area contributed by atoms with Crippen LogP contribution in [0.2, 0.25) is 0 Å². The number of rotatable bonds is 4. The van der Waals surface area contributed by atoms with Gasteiger partial charge in [-0.15, -0.1) is 0 Å². The maximum atomic E-state index is 10.6. The molecule has 6 nitrogen and oxygen atoms in total. The Kier molecular flexibility index (Phi) is 3.39. The first-order valence-electron chi connectivity index (χ1n) is 3.61. The van der Waals surface area contributed by atoms with Gasteiger partial charge in [-0.1, -0.05) is 0 Å². The average molecular weight is 202 g/mol. The molecule has 0 heterocycles. The molecule has 3 N–H and O–H groups in total. The third-order valence-corrected chi connectivity index (χ3v) is 1.73. The first kappa shape index (κ1) is 12.2. The van der Waals surface area contributed by atoms with Crippen molar-refractivity contribution >= 4 is 17.9 Å². The molecule has 0 spiro atoms. The summed E-state index contributed by atoms with van der Waals surface area (Å²) in [7, 11) is 0. The summed E-state index contributed by atoms with van der Waals surface area (Å²) in [6, 6.07) is 0. The van der Waals surface area contributed by atoms with Gasteiger partial charge >= 0.3 is 17.9 Å². The zero-order valence-corrected chi connectivity index (χ0v) is 7.64. The Bertz CT molecular complexity index is 300. The van der Waals surface area contributed by atoms with Gasteiger partial charge in [-0.3, -0.25) is 9.59 Å². The third-order valence-electron chi connectivity index (χ3n) is 1.73. The molecule has 78 valence electrons. The monoisotopic (exact) mass is 202 g/mol. The number of hydrogen-bond donors (Lipinski definition) is 3. The second-order valence-corrected chi connectivity index (χ2v) is 2.95. The summed E-state index contributed by atoms with van der Waals surface area (Å²) in [6.07, 6.45) is 0.694. The van der Waals surface area contributed by atoms with E-state index in [4.69, 9.17) is 15.3 Å². The fourth-order valence-electron chi connectivity index (χ4n) is 0.710. The highest BCUT2D eigenvalue weighted by atomic mass is 16.4. The third kappa shape index (κ3) is 2.32. The van der Waals surface area contributed by atoms with Crippen molar-refractivity contribution < 1.29 is 29.7 Å². The largest absolute Gasteiger partial charge is 0.480 e. The number of carboxylic acid groups (broad SMARTS) is 3. The lowest BCUT2D eigenvalue weighted by Gasteiger charge is -2.15. The minimum atomic E-state index is -2.21. The summed E-state index contributed by atoms with van der Waals surface area (Å²) in [5.41, 5.74) is -2.53. The van der Waals surface area contributed by atoms with Gasteiger partial charge in [0.15, 0.2) is 5.41 Å². The van der Waals surface area contributed by atoms with Gasteiger partial charge < -0.3 is 15.3 Å². The lowest BCUT2D eigenvalue weighted by molar-refractivity contribution is -0.159. The van der Waals surface area contributed by atoms with E-state index >= 15 is 0 Å².